The number of nitrogens with zero attached hydrogens (tertiary/aromatic N) is 3. The number of hydrogen-bond donors (Lipinski definition) is 1. The van der Waals surface area contributed by atoms with E-state index in [2.05, 4.69) is 45.0 Å². The number of carbonyl (C=O) groups is 2. The Morgan fingerprint density at radius 3 is 2.63 bits per heavy atom. The highest BCUT2D eigenvalue weighted by Crippen LogP contribution is 2.39. The van der Waals surface area contributed by atoms with E-state index in [1.54, 1.807) is 4.90 Å². The van der Waals surface area contributed by atoms with Gasteiger partial charge in [0.05, 0.1) is 6.61 Å². The van der Waals surface area contributed by atoms with Crippen molar-refractivity contribution in [1.29, 1.82) is 0 Å². The summed E-state index contributed by atoms with van der Waals surface area (Å²) in [6.45, 7) is 6.13. The van der Waals surface area contributed by atoms with Gasteiger partial charge >= 0.3 is 6.09 Å². The topological polar surface area (TPSA) is 68.9 Å². The molecule has 1 unspecified atom stereocenters. The number of aromatic nitrogens is 1. The molecular weight excluding hydrogens is 508 g/mol. The Kier molecular flexibility index (Phi) is 6.84. The van der Waals surface area contributed by atoms with Gasteiger partial charge in [-0.05, 0) is 74.8 Å². The van der Waals surface area contributed by atoms with Gasteiger partial charge in [0.15, 0.2) is 0 Å². The number of hydrogen-bond acceptors (Lipinski definition) is 4. The Morgan fingerprint density at radius 1 is 1.06 bits per heavy atom. The molecule has 7 nitrogen and oxygen atoms in total. The molecule has 2 aliphatic rings. The second kappa shape index (κ2) is 10.0. The standard InChI is InChI=1S/C27H31BrN4O3/c1-3-35-27(34)32-14-11-21-22-17-20(28)9-10-23(22)29-24(21)25(32)18-5-7-19(8-6-18)26(33)31-13-4-12-30(2)15-16-31/h5-10,17,25,29H,3-4,11-16H2,1-2H3. The van der Waals surface area contributed by atoms with Gasteiger partial charge in [-0.15, -0.1) is 0 Å². The van der Waals surface area contributed by atoms with E-state index in [-0.39, 0.29) is 18.0 Å². The van der Waals surface area contributed by atoms with E-state index < -0.39 is 0 Å². The van der Waals surface area contributed by atoms with Crippen LogP contribution in [0, 0.1) is 0 Å². The maximum Gasteiger partial charge on any atom is 0.410 e. The van der Waals surface area contributed by atoms with Crippen LogP contribution in [-0.4, -0.2) is 78.1 Å². The Labute approximate surface area is 214 Å². The first-order valence-corrected chi connectivity index (χ1v) is 13.1. The molecule has 0 spiro atoms. The number of H-pyrrole nitrogens is 1. The van der Waals surface area contributed by atoms with Crippen molar-refractivity contribution in [3.63, 3.8) is 0 Å². The van der Waals surface area contributed by atoms with Crippen LogP contribution in [0.3, 0.4) is 0 Å². The molecule has 1 fully saturated rings. The summed E-state index contributed by atoms with van der Waals surface area (Å²) in [5.74, 6) is 0.0638. The van der Waals surface area contributed by atoms with Crippen LogP contribution in [0.4, 0.5) is 4.79 Å². The molecule has 3 aromatic rings. The van der Waals surface area contributed by atoms with Crippen LogP contribution in [0.5, 0.6) is 0 Å². The maximum atomic E-state index is 13.2. The minimum atomic E-state index is -0.322. The van der Waals surface area contributed by atoms with Gasteiger partial charge in [-0.1, -0.05) is 28.1 Å². The van der Waals surface area contributed by atoms with Gasteiger partial charge in [-0.2, -0.15) is 0 Å². The van der Waals surface area contributed by atoms with Crippen molar-refractivity contribution in [2.24, 2.45) is 0 Å². The van der Waals surface area contributed by atoms with Gasteiger partial charge in [-0.25, -0.2) is 4.79 Å². The fourth-order valence-electron chi connectivity index (χ4n) is 5.25. The lowest BCUT2D eigenvalue weighted by atomic mass is 9.92. The average molecular weight is 539 g/mol. The van der Waals surface area contributed by atoms with Crippen LogP contribution in [0.15, 0.2) is 46.9 Å². The molecule has 35 heavy (non-hydrogen) atoms. The van der Waals surface area contributed by atoms with E-state index in [1.807, 2.05) is 42.2 Å². The lowest BCUT2D eigenvalue weighted by molar-refractivity contribution is 0.0762. The third kappa shape index (κ3) is 4.69. The van der Waals surface area contributed by atoms with Crippen LogP contribution >= 0.6 is 15.9 Å². The SMILES string of the molecule is CCOC(=O)N1CCc2c([nH]c3ccc(Br)cc23)C1c1ccc(C(=O)N2CCCN(C)CC2)cc1. The zero-order chi connectivity index (χ0) is 24.5. The number of amides is 2. The molecule has 1 atom stereocenters. The summed E-state index contributed by atoms with van der Waals surface area (Å²) < 4.78 is 6.43. The molecule has 0 aliphatic carbocycles. The van der Waals surface area contributed by atoms with Gasteiger partial charge in [0.1, 0.15) is 6.04 Å². The van der Waals surface area contributed by atoms with Crippen LogP contribution in [-0.2, 0) is 11.2 Å². The zero-order valence-corrected chi connectivity index (χ0v) is 21.8. The van der Waals surface area contributed by atoms with Crippen LogP contribution in [0.1, 0.15) is 46.6 Å². The summed E-state index contributed by atoms with van der Waals surface area (Å²) >= 11 is 3.59. The van der Waals surface area contributed by atoms with Crippen molar-refractivity contribution in [3.05, 3.63) is 69.3 Å². The molecule has 2 aliphatic heterocycles. The molecule has 0 radical (unpaired) electrons. The molecule has 2 amide bonds. The van der Waals surface area contributed by atoms with Gasteiger partial charge in [0, 0.05) is 52.8 Å². The van der Waals surface area contributed by atoms with Gasteiger partial charge < -0.3 is 19.5 Å². The van der Waals surface area contributed by atoms with Crippen molar-refractivity contribution in [2.45, 2.75) is 25.8 Å². The molecular formula is C27H31BrN4O3. The first-order chi connectivity index (χ1) is 17.0. The van der Waals surface area contributed by atoms with Crippen molar-refractivity contribution >= 4 is 38.8 Å². The summed E-state index contributed by atoms with van der Waals surface area (Å²) in [4.78, 5) is 35.6. The van der Waals surface area contributed by atoms with Crippen molar-refractivity contribution in [2.75, 3.05) is 46.4 Å². The fourth-order valence-corrected chi connectivity index (χ4v) is 5.61. The molecule has 1 saturated heterocycles. The summed E-state index contributed by atoms with van der Waals surface area (Å²) in [5, 5.41) is 1.17. The molecule has 0 bridgehead atoms. The predicted molar refractivity (Wildman–Crippen MR) is 140 cm³/mol. The second-order valence-electron chi connectivity index (χ2n) is 9.32. The third-order valence-corrected chi connectivity index (χ3v) is 7.56. The number of likely N-dealkylation sites (N-methyl/N-ethyl adjacent to an activating group) is 1. The Balaban J connectivity index is 1.49. The summed E-state index contributed by atoms with van der Waals surface area (Å²) in [6, 6.07) is 13.6. The molecule has 1 N–H and O–H groups in total. The third-order valence-electron chi connectivity index (χ3n) is 7.07. The van der Waals surface area contributed by atoms with Crippen molar-refractivity contribution in [3.8, 4) is 0 Å². The molecule has 5 rings (SSSR count). The van der Waals surface area contributed by atoms with E-state index >= 15 is 0 Å². The van der Waals surface area contributed by atoms with Crippen LogP contribution in [0.2, 0.25) is 0 Å². The number of rotatable bonds is 3. The van der Waals surface area contributed by atoms with Crippen molar-refractivity contribution < 1.29 is 14.3 Å². The molecule has 8 heteroatoms. The number of fused-ring (bicyclic) bond motifs is 3. The highest BCUT2D eigenvalue weighted by molar-refractivity contribution is 9.10. The Bertz CT molecular complexity index is 1240. The monoisotopic (exact) mass is 538 g/mol. The summed E-state index contributed by atoms with van der Waals surface area (Å²) in [5.41, 5.74) is 4.91. The molecule has 184 valence electrons. The van der Waals surface area contributed by atoms with Crippen LogP contribution < -0.4 is 0 Å². The molecule has 0 saturated carbocycles. The van der Waals surface area contributed by atoms with E-state index in [9.17, 15) is 9.59 Å². The first kappa shape index (κ1) is 23.9. The van der Waals surface area contributed by atoms with Gasteiger partial charge in [0.2, 0.25) is 0 Å². The largest absolute Gasteiger partial charge is 0.450 e. The molecule has 2 aromatic carbocycles. The zero-order valence-electron chi connectivity index (χ0n) is 20.2. The highest BCUT2D eigenvalue weighted by Gasteiger charge is 2.35. The van der Waals surface area contributed by atoms with Gasteiger partial charge in [0.25, 0.3) is 5.91 Å². The number of aromatic amines is 1. The van der Waals surface area contributed by atoms with Crippen molar-refractivity contribution in [1.82, 2.24) is 19.7 Å². The van der Waals surface area contributed by atoms with E-state index in [4.69, 9.17) is 4.74 Å². The maximum absolute atomic E-state index is 13.2. The van der Waals surface area contributed by atoms with E-state index in [1.165, 1.54) is 10.9 Å². The number of halogens is 1. The average Bonchev–Trinajstić information content (AvgIpc) is 3.08. The number of ether oxygens (including phenoxy) is 1. The fraction of sp³-hybridized carbons (Fsp3) is 0.407. The van der Waals surface area contributed by atoms with E-state index in [0.29, 0.717) is 18.7 Å². The number of benzene rings is 2. The number of nitrogens with one attached hydrogen (secondary N) is 1. The smallest absolute Gasteiger partial charge is 0.410 e. The molecule has 1 aromatic heterocycles. The predicted octanol–water partition coefficient (Wildman–Crippen LogP) is 4.81. The quantitative estimate of drug-likeness (QED) is 0.519. The normalized spacial score (nSPS) is 18.9. The minimum Gasteiger partial charge on any atom is -0.450 e. The number of carbonyl (C=O) groups excluding carboxylic acids is 2. The first-order valence-electron chi connectivity index (χ1n) is 12.3. The summed E-state index contributed by atoms with van der Waals surface area (Å²) in [6.07, 6.45) is 1.41. The minimum absolute atomic E-state index is 0.0638. The lowest BCUT2D eigenvalue weighted by Crippen LogP contribution is -2.41. The molecule has 3 heterocycles. The van der Waals surface area contributed by atoms with Crippen LogP contribution in [0.25, 0.3) is 10.9 Å². The Morgan fingerprint density at radius 2 is 1.86 bits per heavy atom. The van der Waals surface area contributed by atoms with Gasteiger partial charge in [-0.3, -0.25) is 9.69 Å². The lowest BCUT2D eigenvalue weighted by Gasteiger charge is -2.35. The Hall–Kier alpha value is -2.84. The van der Waals surface area contributed by atoms with E-state index in [0.717, 1.165) is 60.3 Å². The summed E-state index contributed by atoms with van der Waals surface area (Å²) in [7, 11) is 2.10. The highest BCUT2D eigenvalue weighted by atomic mass is 79.9. The second-order valence-corrected chi connectivity index (χ2v) is 10.2.